The molecule has 0 spiro atoms. The van der Waals surface area contributed by atoms with Gasteiger partial charge in [-0.15, -0.1) is 10.2 Å². The molecule has 1 fully saturated rings. The SMILES string of the molecule is CCCCN1C(=S)N[C@H](c2ccccn2)[C@H]1c1cc(C)n(-n2cnnc2)c1C. The third-order valence-electron chi connectivity index (χ3n) is 5.34. The Kier molecular flexibility index (Phi) is 5.13. The van der Waals surface area contributed by atoms with Crippen LogP contribution in [-0.2, 0) is 0 Å². The molecule has 28 heavy (non-hydrogen) atoms. The Labute approximate surface area is 170 Å². The van der Waals surface area contributed by atoms with Crippen LogP contribution >= 0.6 is 12.2 Å². The van der Waals surface area contributed by atoms with Crippen LogP contribution in [0.3, 0.4) is 0 Å². The van der Waals surface area contributed by atoms with E-state index in [9.17, 15) is 0 Å². The van der Waals surface area contributed by atoms with Gasteiger partial charge < -0.3 is 10.2 Å². The molecule has 3 aromatic heterocycles. The van der Waals surface area contributed by atoms with Crippen molar-refractivity contribution in [3.63, 3.8) is 0 Å². The summed E-state index contributed by atoms with van der Waals surface area (Å²) >= 11 is 5.73. The third-order valence-corrected chi connectivity index (χ3v) is 5.69. The van der Waals surface area contributed by atoms with Crippen LogP contribution < -0.4 is 5.32 Å². The molecular weight excluding hydrogens is 370 g/mol. The Bertz CT molecular complexity index is 949. The van der Waals surface area contributed by atoms with Gasteiger partial charge in [0.1, 0.15) is 12.7 Å². The Balaban J connectivity index is 1.81. The van der Waals surface area contributed by atoms with Gasteiger partial charge in [-0.3, -0.25) is 9.66 Å². The van der Waals surface area contributed by atoms with Crippen LogP contribution in [0.1, 0.15) is 54.5 Å². The van der Waals surface area contributed by atoms with E-state index < -0.39 is 0 Å². The maximum absolute atomic E-state index is 5.73. The molecule has 146 valence electrons. The highest BCUT2D eigenvalue weighted by molar-refractivity contribution is 7.80. The maximum atomic E-state index is 5.73. The number of hydrogen-bond acceptors (Lipinski definition) is 4. The van der Waals surface area contributed by atoms with E-state index in [0.717, 1.165) is 41.6 Å². The van der Waals surface area contributed by atoms with E-state index in [1.165, 1.54) is 5.56 Å². The Morgan fingerprint density at radius 2 is 1.96 bits per heavy atom. The molecule has 7 nitrogen and oxygen atoms in total. The van der Waals surface area contributed by atoms with E-state index in [1.54, 1.807) is 12.7 Å². The molecule has 8 heteroatoms. The van der Waals surface area contributed by atoms with E-state index in [0.29, 0.717) is 0 Å². The Hall–Kier alpha value is -2.74. The molecule has 4 heterocycles. The van der Waals surface area contributed by atoms with Gasteiger partial charge in [-0.2, -0.15) is 0 Å². The van der Waals surface area contributed by atoms with Crippen molar-refractivity contribution in [1.82, 2.24) is 34.8 Å². The van der Waals surface area contributed by atoms with Gasteiger partial charge in [-0.25, -0.2) is 4.68 Å². The van der Waals surface area contributed by atoms with Crippen molar-refractivity contribution in [2.45, 2.75) is 45.7 Å². The number of nitrogens with one attached hydrogen (secondary N) is 1. The second-order valence-electron chi connectivity index (χ2n) is 7.15. The molecule has 0 bridgehead atoms. The fraction of sp³-hybridized carbons (Fsp3) is 0.400. The van der Waals surface area contributed by atoms with Gasteiger partial charge in [0, 0.05) is 29.7 Å². The zero-order valence-electron chi connectivity index (χ0n) is 16.4. The number of nitrogens with zero attached hydrogens (tertiary/aromatic N) is 6. The van der Waals surface area contributed by atoms with Crippen molar-refractivity contribution in [1.29, 1.82) is 0 Å². The molecule has 4 rings (SSSR count). The summed E-state index contributed by atoms with van der Waals surface area (Å²) in [5.74, 6) is 0. The monoisotopic (exact) mass is 395 g/mol. The van der Waals surface area contributed by atoms with Crippen molar-refractivity contribution >= 4 is 17.3 Å². The minimum atomic E-state index is 0.0143. The summed E-state index contributed by atoms with van der Waals surface area (Å²) in [4.78, 5) is 6.93. The smallest absolute Gasteiger partial charge is 0.170 e. The largest absolute Gasteiger partial charge is 0.352 e. The lowest BCUT2D eigenvalue weighted by Gasteiger charge is -2.28. The zero-order chi connectivity index (χ0) is 19.7. The molecule has 0 saturated carbocycles. The number of unbranched alkanes of at least 4 members (excludes halogenated alkanes) is 1. The summed E-state index contributed by atoms with van der Waals surface area (Å²) in [6.45, 7) is 7.36. The summed E-state index contributed by atoms with van der Waals surface area (Å²) in [5.41, 5.74) is 4.52. The number of pyridine rings is 1. The summed E-state index contributed by atoms with van der Waals surface area (Å²) < 4.78 is 4.03. The van der Waals surface area contributed by atoms with Crippen LogP contribution in [0.25, 0.3) is 0 Å². The normalized spacial score (nSPS) is 19.2. The van der Waals surface area contributed by atoms with Gasteiger partial charge in [0.05, 0.1) is 17.8 Å². The van der Waals surface area contributed by atoms with Gasteiger partial charge in [-0.1, -0.05) is 19.4 Å². The molecule has 0 unspecified atom stereocenters. The predicted molar refractivity (Wildman–Crippen MR) is 112 cm³/mol. The summed E-state index contributed by atoms with van der Waals surface area (Å²) in [6, 6.07) is 8.38. The van der Waals surface area contributed by atoms with Crippen LogP contribution in [0, 0.1) is 13.8 Å². The first-order valence-electron chi connectivity index (χ1n) is 9.64. The second-order valence-corrected chi connectivity index (χ2v) is 7.54. The number of hydrogen-bond donors (Lipinski definition) is 1. The van der Waals surface area contributed by atoms with E-state index in [-0.39, 0.29) is 12.1 Å². The minimum Gasteiger partial charge on any atom is -0.352 e. The molecule has 0 radical (unpaired) electrons. The molecule has 0 aliphatic carbocycles. The topological polar surface area (TPSA) is 63.8 Å². The lowest BCUT2D eigenvalue weighted by Crippen LogP contribution is -2.30. The van der Waals surface area contributed by atoms with E-state index in [4.69, 9.17) is 12.2 Å². The average Bonchev–Trinajstić information content (AvgIpc) is 3.39. The average molecular weight is 396 g/mol. The van der Waals surface area contributed by atoms with Gasteiger partial charge in [0.15, 0.2) is 5.11 Å². The summed E-state index contributed by atoms with van der Waals surface area (Å²) in [6.07, 6.45) is 7.49. The molecular formula is C20H25N7S. The van der Waals surface area contributed by atoms with Gasteiger partial charge in [0.2, 0.25) is 0 Å². The standard InChI is InChI=1S/C20H25N7S/c1-4-5-10-26-19(18(24-20(26)28)17-8-6-7-9-21-17)16-11-14(2)27(15(16)3)25-12-22-23-13-25/h6-9,11-13,18-19H,4-5,10H2,1-3H3,(H,24,28)/t18-,19-/m1/s1. The van der Waals surface area contributed by atoms with E-state index in [1.807, 2.05) is 23.0 Å². The summed E-state index contributed by atoms with van der Waals surface area (Å²) in [7, 11) is 0. The minimum absolute atomic E-state index is 0.0143. The van der Waals surface area contributed by atoms with Crippen molar-refractivity contribution in [3.8, 4) is 0 Å². The quantitative estimate of drug-likeness (QED) is 0.647. The second kappa shape index (κ2) is 7.71. The molecule has 1 N–H and O–H groups in total. The van der Waals surface area contributed by atoms with Crippen molar-refractivity contribution in [2.24, 2.45) is 0 Å². The van der Waals surface area contributed by atoms with Crippen molar-refractivity contribution in [2.75, 3.05) is 6.54 Å². The highest BCUT2D eigenvalue weighted by Gasteiger charge is 2.41. The highest BCUT2D eigenvalue weighted by Crippen LogP contribution is 2.40. The molecule has 0 aromatic carbocycles. The predicted octanol–water partition coefficient (Wildman–Crippen LogP) is 3.18. The van der Waals surface area contributed by atoms with Gasteiger partial charge >= 0.3 is 0 Å². The molecule has 2 atom stereocenters. The molecule has 1 aliphatic heterocycles. The molecule has 1 saturated heterocycles. The van der Waals surface area contributed by atoms with Crippen LogP contribution in [0.15, 0.2) is 43.1 Å². The summed E-state index contributed by atoms with van der Waals surface area (Å²) in [5, 5.41) is 12.2. The van der Waals surface area contributed by atoms with Crippen LogP contribution in [0.4, 0.5) is 0 Å². The van der Waals surface area contributed by atoms with Crippen molar-refractivity contribution in [3.05, 3.63) is 65.8 Å². The first-order chi connectivity index (χ1) is 13.6. The van der Waals surface area contributed by atoms with Crippen molar-refractivity contribution < 1.29 is 0 Å². The van der Waals surface area contributed by atoms with Crippen LogP contribution in [0.2, 0.25) is 0 Å². The zero-order valence-corrected chi connectivity index (χ0v) is 17.2. The lowest BCUT2D eigenvalue weighted by molar-refractivity contribution is 0.311. The number of thiocarbonyl (C=S) groups is 1. The maximum Gasteiger partial charge on any atom is 0.170 e. The van der Waals surface area contributed by atoms with Gasteiger partial charge in [0.25, 0.3) is 0 Å². The van der Waals surface area contributed by atoms with Crippen LogP contribution in [0.5, 0.6) is 0 Å². The third kappa shape index (κ3) is 3.17. The Morgan fingerprint density at radius 1 is 1.18 bits per heavy atom. The lowest BCUT2D eigenvalue weighted by atomic mass is 9.96. The number of aromatic nitrogens is 5. The Morgan fingerprint density at radius 3 is 2.64 bits per heavy atom. The fourth-order valence-corrected chi connectivity index (χ4v) is 4.38. The first-order valence-corrected chi connectivity index (χ1v) is 10.0. The molecule has 3 aromatic rings. The molecule has 1 aliphatic rings. The number of rotatable bonds is 6. The van der Waals surface area contributed by atoms with Crippen LogP contribution in [-0.4, -0.2) is 41.1 Å². The number of aryl methyl sites for hydroxylation is 1. The molecule has 0 amide bonds. The highest BCUT2D eigenvalue weighted by atomic mass is 32.1. The fourth-order valence-electron chi connectivity index (χ4n) is 4.04. The van der Waals surface area contributed by atoms with E-state index >= 15 is 0 Å². The van der Waals surface area contributed by atoms with Gasteiger partial charge in [-0.05, 0) is 50.7 Å². The first kappa shape index (κ1) is 18.6. The van der Waals surface area contributed by atoms with E-state index in [2.05, 4.69) is 63.0 Å².